The number of fused-ring (bicyclic) bond motifs is 20. The van der Waals surface area contributed by atoms with Crippen LogP contribution in [0.1, 0.15) is 128 Å². The molecule has 8 bridgehead atoms. The number of nitrogens with zero attached hydrogens (tertiary/aromatic N) is 2. The summed E-state index contributed by atoms with van der Waals surface area (Å²) in [5.41, 5.74) is 3.98. The molecule has 2 fully saturated rings. The van der Waals surface area contributed by atoms with Crippen molar-refractivity contribution in [3.05, 3.63) is 116 Å². The highest BCUT2D eigenvalue weighted by Crippen LogP contribution is 2.49. The molecule has 0 saturated carbocycles. The number of aromatic hydroxyl groups is 2. The number of ether oxygens (including phenoxy) is 5. The average molecular weight is 1320 g/mol. The van der Waals surface area contributed by atoms with Crippen LogP contribution in [0.15, 0.2) is 93.9 Å². The van der Waals surface area contributed by atoms with Crippen molar-refractivity contribution in [1.82, 2.24) is 5.32 Å². The summed E-state index contributed by atoms with van der Waals surface area (Å²) in [6.07, 6.45) is 1.63. The van der Waals surface area contributed by atoms with Gasteiger partial charge in [-0.1, -0.05) is 135 Å². The van der Waals surface area contributed by atoms with E-state index in [1.165, 1.54) is 58.1 Å². The lowest BCUT2D eigenvalue weighted by Crippen LogP contribution is -2.63. The van der Waals surface area contributed by atoms with Crippen LogP contribution >= 0.6 is 11.6 Å². The highest BCUT2D eigenvalue weighted by atomic mass is 35.5. The molecular weight excluding hydrogens is 1220 g/mol. The van der Waals surface area contributed by atoms with Crippen molar-refractivity contribution in [1.29, 1.82) is 0 Å². The predicted molar refractivity (Wildman–Crippen MR) is 347 cm³/mol. The highest BCUT2D eigenvalue weighted by Gasteiger charge is 2.64. The van der Waals surface area contributed by atoms with Gasteiger partial charge < -0.3 is 69.4 Å². The van der Waals surface area contributed by atoms with Crippen LogP contribution in [0.3, 0.4) is 0 Å². The Balaban J connectivity index is 0.000000335. The fourth-order valence-corrected chi connectivity index (χ4v) is 12.4. The molecule has 5 aliphatic heterocycles. The number of aliphatic hydroxyl groups is 6. The summed E-state index contributed by atoms with van der Waals surface area (Å²) < 4.78 is 28.8. The van der Waals surface area contributed by atoms with E-state index >= 15 is 0 Å². The maximum absolute atomic E-state index is 13.8. The first kappa shape index (κ1) is 76.7. The van der Waals surface area contributed by atoms with Gasteiger partial charge in [0.15, 0.2) is 11.5 Å². The number of esters is 1. The van der Waals surface area contributed by atoms with Crippen molar-refractivity contribution >= 4 is 58.3 Å². The fraction of sp³-hybridized carbons (Fsp3) is 0.557. The number of alkyl carbamates (subject to hydrolysis) is 1. The number of epoxide rings is 1. The van der Waals surface area contributed by atoms with Gasteiger partial charge >= 0.3 is 12.1 Å². The smallest absolute Gasteiger partial charge is 0.409 e. The van der Waals surface area contributed by atoms with E-state index < -0.39 is 160 Å². The standard InChI is InChI=1S/C37H47NO10.C32H43ClN2O9.CH4/c1-16-11-9-13-18(3)31(42)27-26-25(39)15-24(36(47)28(26)35(46)23(8)34(27)45)38-37(48)19(4)14-10-12-17(2)30(41)21(6)33(44)22(7)32(43)20(5)29(16)40;1-17(2)29(37)43-25-15-26(36)35(6)21-13-20(14-22(40-7)27(21)33)12-18(3)10-9-11-24(41-8)32(39)16-23(42-30(38)34-32)19(4)28-31(25,5)44-28;/h10-12,14-17,20-23,29-30,32-33,35,39-41,43-44,46-47H,1-8H3;9-11,13-14,17,19,23-25,28,39H,12,15-16H2,1-8H3,(H,34,38);1H4/b12-10+,18-11?,19-14-,38-24?;11-9+,18-10-;/t16?,17-,20+,21+,22-,23?,29-,30-,32+,33+,35?;19-,23+,24-,25+,28+,31-,32+;/m01./s1. The van der Waals surface area contributed by atoms with E-state index in [-0.39, 0.29) is 58.5 Å². The van der Waals surface area contributed by atoms with Crippen LogP contribution in [0.5, 0.6) is 17.2 Å². The van der Waals surface area contributed by atoms with Gasteiger partial charge in [0.2, 0.25) is 11.7 Å². The number of phenolic OH excluding ortho intramolecular Hbond substituents is 2. The summed E-state index contributed by atoms with van der Waals surface area (Å²) in [6, 6.07) is 4.56. The number of aliphatic hydroxyl groups excluding tert-OH is 5. The summed E-state index contributed by atoms with van der Waals surface area (Å²) in [5, 5.41) is 90.8. The van der Waals surface area contributed by atoms with Crippen LogP contribution in [0.4, 0.5) is 10.5 Å². The van der Waals surface area contributed by atoms with Crippen LogP contribution in [0, 0.1) is 47.3 Å². The van der Waals surface area contributed by atoms with E-state index in [2.05, 4.69) is 21.8 Å². The van der Waals surface area contributed by atoms with Crippen LogP contribution in [-0.2, 0) is 49.3 Å². The number of allylic oxidation sites excluding steroid dienone is 6. The lowest BCUT2D eigenvalue weighted by atomic mass is 9.77. The third-order valence-corrected chi connectivity index (χ3v) is 18.8. The van der Waals surface area contributed by atoms with Crippen molar-refractivity contribution in [2.45, 2.75) is 183 Å². The van der Waals surface area contributed by atoms with Gasteiger partial charge in [-0.05, 0) is 57.9 Å². The molecule has 0 radical (unpaired) electrons. The molecule has 2 aromatic carbocycles. The second kappa shape index (κ2) is 31.5. The van der Waals surface area contributed by atoms with Gasteiger partial charge in [0.1, 0.15) is 51.5 Å². The minimum Gasteiger partial charge on any atom is -0.507 e. The number of benzene rings is 2. The summed E-state index contributed by atoms with van der Waals surface area (Å²) in [7, 11) is 4.56. The summed E-state index contributed by atoms with van der Waals surface area (Å²) in [5.74, 6) is -9.47. The molecular formula is C70H94ClN3O19. The van der Waals surface area contributed by atoms with Crippen molar-refractivity contribution in [3.8, 4) is 17.2 Å². The predicted octanol–water partition coefficient (Wildman–Crippen LogP) is 6.57. The van der Waals surface area contributed by atoms with Gasteiger partial charge in [-0.25, -0.2) is 9.79 Å². The Morgan fingerprint density at radius 3 is 2.05 bits per heavy atom. The van der Waals surface area contributed by atoms with Crippen molar-refractivity contribution in [3.63, 3.8) is 0 Å². The topological polar surface area (TPSA) is 341 Å². The van der Waals surface area contributed by atoms with Gasteiger partial charge in [-0.3, -0.25) is 29.3 Å². The molecule has 510 valence electrons. The van der Waals surface area contributed by atoms with Crippen LogP contribution < -0.4 is 25.5 Å². The number of ketones is 2. The number of phenols is 2. The summed E-state index contributed by atoms with van der Waals surface area (Å²) in [4.78, 5) is 84.5. The molecule has 0 aromatic heterocycles. The number of halogens is 1. The van der Waals surface area contributed by atoms with Crippen LogP contribution in [-0.4, -0.2) is 158 Å². The monoisotopic (exact) mass is 1320 g/mol. The van der Waals surface area contributed by atoms with Crippen LogP contribution in [0.2, 0.25) is 5.02 Å². The van der Waals surface area contributed by atoms with Gasteiger partial charge in [0.05, 0.1) is 73.3 Å². The number of nitrogens with one attached hydrogen (secondary N) is 1. The third kappa shape index (κ3) is 16.9. The zero-order chi connectivity index (χ0) is 68.9. The van der Waals surface area contributed by atoms with E-state index in [0.29, 0.717) is 17.9 Å². The minimum absolute atomic E-state index is 0. The number of hydrogen-bond acceptors (Lipinski definition) is 19. The first-order chi connectivity index (χ1) is 43.0. The summed E-state index contributed by atoms with van der Waals surface area (Å²) in [6.45, 7) is 21.4. The maximum Gasteiger partial charge on any atom is 0.409 e. The second-order valence-electron chi connectivity index (χ2n) is 25.7. The quantitative estimate of drug-likeness (QED) is 0.0676. The SMILES string of the molecule is C.CC1=C=C=CC(C)[C@H](O)[C@@H](C)[C@@H](O)[C@H](C)[C@H](O)[C@H](C)[C@@H](O)[C@@H](C)/C=C/C=C(/C)C(=O)N=c2cc(O)c3c(c2O)C(O)C(C)C(=O)C=3C1=O.COc1cc2cc(c1Cl)N(C)C(=O)C[C@H](OC(=O)C(C)C)[C@@]1(C)O[C@H]1[C@H](C)[C@@H]1C[C@@](O)(NC(=O)O1)[C@H](OC)/C=C/C=C(/C)C2. The molecule has 3 unspecified atom stereocenters. The van der Waals surface area contributed by atoms with Gasteiger partial charge in [-0.2, -0.15) is 0 Å². The molecule has 2 saturated heterocycles. The number of hydrogen-bond donors (Lipinski definition) is 9. The van der Waals surface area contributed by atoms with E-state index in [4.69, 9.17) is 35.3 Å². The first-order valence-corrected chi connectivity index (χ1v) is 31.2. The number of amides is 3. The Kier molecular flexibility index (Phi) is 25.9. The van der Waals surface area contributed by atoms with E-state index in [9.17, 15) is 69.6 Å². The number of rotatable bonds is 4. The molecule has 9 N–H and O–H groups in total. The lowest BCUT2D eigenvalue weighted by Gasteiger charge is -2.42. The second-order valence-corrected chi connectivity index (χ2v) is 26.1. The largest absolute Gasteiger partial charge is 0.507 e. The molecule has 2 aromatic rings. The van der Waals surface area contributed by atoms with Crippen molar-refractivity contribution in [2.75, 3.05) is 26.2 Å². The number of Topliss-reactive ketones (excluding diaryl/α,β-unsaturated/α-hetero) is 2. The van der Waals surface area contributed by atoms with Crippen LogP contribution in [0.25, 0.3) is 5.57 Å². The zero-order valence-electron chi connectivity index (χ0n) is 55.1. The molecule has 23 heteroatoms. The number of carbonyl (C=O) groups is 6. The zero-order valence-corrected chi connectivity index (χ0v) is 55.8. The lowest BCUT2D eigenvalue weighted by molar-refractivity contribution is -0.157. The molecule has 0 spiro atoms. The van der Waals surface area contributed by atoms with Gasteiger partial charge in [0, 0.05) is 84.1 Å². The van der Waals surface area contributed by atoms with E-state index in [1.807, 2.05) is 32.1 Å². The Bertz CT molecular complexity index is 3540. The summed E-state index contributed by atoms with van der Waals surface area (Å²) >= 11 is 6.68. The first-order valence-electron chi connectivity index (χ1n) is 30.8. The number of anilines is 1. The fourth-order valence-electron chi connectivity index (χ4n) is 12.1. The molecule has 93 heavy (non-hydrogen) atoms. The Labute approximate surface area is 549 Å². The Morgan fingerprint density at radius 1 is 0.849 bits per heavy atom. The molecule has 18 atom stereocenters. The molecule has 6 aliphatic rings. The molecule has 3 amide bonds. The van der Waals surface area contributed by atoms with Gasteiger partial charge in [0.25, 0.3) is 5.91 Å². The van der Waals surface area contributed by atoms with E-state index in [1.54, 1.807) is 80.7 Å². The van der Waals surface area contributed by atoms with E-state index in [0.717, 1.165) is 17.2 Å². The highest BCUT2D eigenvalue weighted by molar-refractivity contribution is 6.46. The normalized spacial score (nSPS) is 35.0. The molecule has 22 nitrogen and oxygen atoms in total. The van der Waals surface area contributed by atoms with Gasteiger partial charge in [-0.15, -0.1) is 0 Å². The van der Waals surface area contributed by atoms with Crippen molar-refractivity contribution < 1.29 is 93.3 Å². The maximum atomic E-state index is 13.8. The third-order valence-electron chi connectivity index (χ3n) is 18.5. The molecule has 5 heterocycles. The molecule has 1 aliphatic carbocycles. The number of carbonyl (C=O) groups excluding carboxylic acids is 6. The molecule has 8 rings (SSSR count). The van der Waals surface area contributed by atoms with Crippen molar-refractivity contribution in [2.24, 2.45) is 52.3 Å². The Morgan fingerprint density at radius 2 is 1.45 bits per heavy atom. The number of methoxy groups -OCH3 is 2. The minimum atomic E-state index is -1.77. The average Bonchev–Trinajstić information content (AvgIpc) is 1.70. The Hall–Kier alpha value is -7.04.